The minimum Gasteiger partial charge on any atom is -0.507 e. The summed E-state index contributed by atoms with van der Waals surface area (Å²) >= 11 is 0. The van der Waals surface area contributed by atoms with Crippen LogP contribution in [0, 0.1) is 0 Å². The smallest absolute Gasteiger partial charge is 0.335 e. The summed E-state index contributed by atoms with van der Waals surface area (Å²) in [6.45, 7) is 0.122. The number of benzene rings is 3. The highest BCUT2D eigenvalue weighted by molar-refractivity contribution is 6.46. The molecule has 34 heavy (non-hydrogen) atoms. The predicted molar refractivity (Wildman–Crippen MR) is 120 cm³/mol. The molecule has 1 atom stereocenters. The van der Waals surface area contributed by atoms with Crippen LogP contribution in [0.15, 0.2) is 78.4 Å². The van der Waals surface area contributed by atoms with Crippen molar-refractivity contribution in [2.75, 3.05) is 6.79 Å². The second-order valence-electron chi connectivity index (χ2n) is 7.91. The minimum atomic E-state index is -1.06. The van der Waals surface area contributed by atoms with Crippen molar-refractivity contribution in [2.24, 2.45) is 0 Å². The summed E-state index contributed by atoms with van der Waals surface area (Å²) < 4.78 is 10.7. The number of carboxylic acids is 1. The summed E-state index contributed by atoms with van der Waals surface area (Å²) in [5.74, 6) is -1.95. The van der Waals surface area contributed by atoms with Gasteiger partial charge in [0.15, 0.2) is 11.5 Å². The van der Waals surface area contributed by atoms with E-state index in [0.29, 0.717) is 28.2 Å². The van der Waals surface area contributed by atoms with Gasteiger partial charge in [-0.05, 0) is 41.5 Å². The fourth-order valence-corrected chi connectivity index (χ4v) is 4.17. The second kappa shape index (κ2) is 8.40. The molecule has 3 aromatic rings. The van der Waals surface area contributed by atoms with Crippen LogP contribution in [0.1, 0.15) is 33.1 Å². The number of hydrogen-bond donors (Lipinski definition) is 2. The van der Waals surface area contributed by atoms with Crippen LogP contribution in [-0.4, -0.2) is 39.6 Å². The number of aliphatic hydroxyl groups is 1. The van der Waals surface area contributed by atoms with Gasteiger partial charge in [0.05, 0.1) is 17.2 Å². The minimum absolute atomic E-state index is 0.0304. The molecule has 0 aromatic heterocycles. The number of likely N-dealkylation sites (tertiary alicyclic amines) is 1. The van der Waals surface area contributed by atoms with Gasteiger partial charge in [0.2, 0.25) is 6.79 Å². The van der Waals surface area contributed by atoms with Crippen LogP contribution in [0.5, 0.6) is 11.5 Å². The van der Waals surface area contributed by atoms with Crippen LogP contribution in [0.3, 0.4) is 0 Å². The zero-order valence-electron chi connectivity index (χ0n) is 17.8. The Morgan fingerprint density at radius 2 is 1.56 bits per heavy atom. The van der Waals surface area contributed by atoms with E-state index in [2.05, 4.69) is 0 Å². The van der Waals surface area contributed by atoms with Crippen molar-refractivity contribution in [3.63, 3.8) is 0 Å². The van der Waals surface area contributed by atoms with Crippen LogP contribution in [0.25, 0.3) is 5.76 Å². The standard InChI is InChI=1S/C26H19NO7/c28-23(18-10-11-19-20(12-18)34-14-33-19)21-22(16-4-2-1-3-5-16)27(25(30)24(21)29)13-15-6-8-17(9-7-15)26(31)32/h1-12,22,28H,13-14H2,(H,31,32)/b23-21-. The summed E-state index contributed by atoms with van der Waals surface area (Å²) in [4.78, 5) is 38.8. The maximum absolute atomic E-state index is 13.1. The van der Waals surface area contributed by atoms with Crippen LogP contribution in [-0.2, 0) is 16.1 Å². The zero-order valence-corrected chi connectivity index (χ0v) is 17.8. The molecule has 8 heteroatoms. The molecule has 1 saturated heterocycles. The van der Waals surface area contributed by atoms with E-state index in [9.17, 15) is 19.5 Å². The third-order valence-corrected chi connectivity index (χ3v) is 5.86. The van der Waals surface area contributed by atoms with E-state index in [0.717, 1.165) is 0 Å². The summed E-state index contributed by atoms with van der Waals surface area (Å²) in [6, 6.07) is 19.0. The number of carboxylic acid groups (broad SMARTS) is 1. The first kappa shape index (κ1) is 21.3. The molecule has 8 nitrogen and oxygen atoms in total. The van der Waals surface area contributed by atoms with Crippen LogP contribution in [0.4, 0.5) is 0 Å². The molecule has 2 N–H and O–H groups in total. The molecule has 0 radical (unpaired) electrons. The number of Topliss-reactive ketones (excluding diaryl/α,β-unsaturated/α-hetero) is 1. The molecule has 0 bridgehead atoms. The summed E-state index contributed by atoms with van der Waals surface area (Å²) in [7, 11) is 0. The third kappa shape index (κ3) is 3.65. The van der Waals surface area contributed by atoms with Gasteiger partial charge in [-0.25, -0.2) is 4.79 Å². The monoisotopic (exact) mass is 457 g/mol. The van der Waals surface area contributed by atoms with Gasteiger partial charge >= 0.3 is 5.97 Å². The summed E-state index contributed by atoms with van der Waals surface area (Å²) in [5, 5.41) is 20.3. The first-order valence-corrected chi connectivity index (χ1v) is 10.5. The number of fused-ring (bicyclic) bond motifs is 1. The van der Waals surface area contributed by atoms with E-state index in [1.807, 2.05) is 6.07 Å². The lowest BCUT2D eigenvalue weighted by Crippen LogP contribution is -2.29. The molecule has 1 unspecified atom stereocenters. The highest BCUT2D eigenvalue weighted by atomic mass is 16.7. The molecular formula is C26H19NO7. The SMILES string of the molecule is O=C1C(=O)N(Cc2ccc(C(=O)O)cc2)C(c2ccccc2)/C1=C(/O)c1ccc2c(c1)OCO2. The number of nitrogens with zero attached hydrogens (tertiary/aromatic N) is 1. The van der Waals surface area contributed by atoms with Gasteiger partial charge in [0, 0.05) is 12.1 Å². The van der Waals surface area contributed by atoms with E-state index in [4.69, 9.17) is 14.6 Å². The molecule has 170 valence electrons. The highest BCUT2D eigenvalue weighted by Gasteiger charge is 2.46. The van der Waals surface area contributed by atoms with E-state index < -0.39 is 23.7 Å². The number of rotatable bonds is 5. The Morgan fingerprint density at radius 1 is 0.882 bits per heavy atom. The van der Waals surface area contributed by atoms with Gasteiger partial charge in [0.25, 0.3) is 11.7 Å². The van der Waals surface area contributed by atoms with E-state index in [1.165, 1.54) is 17.0 Å². The first-order valence-electron chi connectivity index (χ1n) is 10.5. The van der Waals surface area contributed by atoms with Gasteiger partial charge in [-0.15, -0.1) is 0 Å². The lowest BCUT2D eigenvalue weighted by Gasteiger charge is -2.25. The number of aliphatic hydroxyl groups excluding tert-OH is 1. The van der Waals surface area contributed by atoms with Gasteiger partial charge < -0.3 is 24.6 Å². The number of ether oxygens (including phenoxy) is 2. The van der Waals surface area contributed by atoms with E-state index in [1.54, 1.807) is 54.6 Å². The Labute approximate surface area is 194 Å². The fraction of sp³-hybridized carbons (Fsp3) is 0.115. The molecule has 2 aliphatic rings. The van der Waals surface area contributed by atoms with Crippen molar-refractivity contribution in [1.82, 2.24) is 4.90 Å². The first-order chi connectivity index (χ1) is 16.4. The Hall–Kier alpha value is -4.59. The Balaban J connectivity index is 1.58. The van der Waals surface area contributed by atoms with Gasteiger partial charge in [0.1, 0.15) is 5.76 Å². The number of amides is 1. The lowest BCUT2D eigenvalue weighted by molar-refractivity contribution is -0.140. The summed E-state index contributed by atoms with van der Waals surface area (Å²) in [5.41, 5.74) is 1.72. The fourth-order valence-electron chi connectivity index (χ4n) is 4.17. The predicted octanol–water partition coefficient (Wildman–Crippen LogP) is 3.74. The van der Waals surface area contributed by atoms with Crippen molar-refractivity contribution in [2.45, 2.75) is 12.6 Å². The van der Waals surface area contributed by atoms with Crippen molar-refractivity contribution < 1.29 is 34.1 Å². The van der Waals surface area contributed by atoms with Crippen molar-refractivity contribution in [3.05, 3.63) is 101 Å². The molecule has 3 aromatic carbocycles. The topological polar surface area (TPSA) is 113 Å². The normalized spacial score (nSPS) is 18.4. The molecule has 0 saturated carbocycles. The van der Waals surface area contributed by atoms with Crippen molar-refractivity contribution in [1.29, 1.82) is 0 Å². The lowest BCUT2D eigenvalue weighted by atomic mass is 9.95. The molecule has 1 fully saturated rings. The Bertz CT molecular complexity index is 1330. The maximum Gasteiger partial charge on any atom is 0.335 e. The number of carbonyl (C=O) groups excluding carboxylic acids is 2. The summed E-state index contributed by atoms with van der Waals surface area (Å²) in [6.07, 6.45) is 0. The highest BCUT2D eigenvalue weighted by Crippen LogP contribution is 2.42. The molecule has 0 aliphatic carbocycles. The number of ketones is 1. The number of carbonyl (C=O) groups is 3. The Kier molecular flexibility index (Phi) is 5.25. The van der Waals surface area contributed by atoms with Crippen LogP contribution >= 0.6 is 0 Å². The molecule has 1 amide bonds. The van der Waals surface area contributed by atoms with Gasteiger partial charge in [-0.2, -0.15) is 0 Å². The number of hydrogen-bond acceptors (Lipinski definition) is 6. The van der Waals surface area contributed by atoms with Crippen molar-refractivity contribution in [3.8, 4) is 11.5 Å². The number of aromatic carboxylic acids is 1. The quantitative estimate of drug-likeness (QED) is 0.341. The molecular weight excluding hydrogens is 438 g/mol. The van der Waals surface area contributed by atoms with E-state index >= 15 is 0 Å². The van der Waals surface area contributed by atoms with Gasteiger partial charge in [-0.1, -0.05) is 42.5 Å². The third-order valence-electron chi connectivity index (χ3n) is 5.86. The maximum atomic E-state index is 13.1. The molecule has 5 rings (SSSR count). The largest absolute Gasteiger partial charge is 0.507 e. The average molecular weight is 457 g/mol. The molecule has 2 aliphatic heterocycles. The Morgan fingerprint density at radius 3 is 2.26 bits per heavy atom. The van der Waals surface area contributed by atoms with Crippen LogP contribution in [0.2, 0.25) is 0 Å². The van der Waals surface area contributed by atoms with Crippen molar-refractivity contribution >= 4 is 23.4 Å². The molecule has 2 heterocycles. The average Bonchev–Trinajstić information content (AvgIpc) is 3.42. The van der Waals surface area contributed by atoms with E-state index in [-0.39, 0.29) is 30.2 Å². The second-order valence-corrected chi connectivity index (χ2v) is 7.91. The van der Waals surface area contributed by atoms with Gasteiger partial charge in [-0.3, -0.25) is 9.59 Å². The molecule has 0 spiro atoms. The van der Waals surface area contributed by atoms with Crippen LogP contribution < -0.4 is 9.47 Å². The zero-order chi connectivity index (χ0) is 23.8.